The van der Waals surface area contributed by atoms with Crippen LogP contribution in [0.1, 0.15) is 34.1 Å². The Kier molecular flexibility index (Phi) is 5.91. The van der Waals surface area contributed by atoms with E-state index in [0.717, 1.165) is 6.42 Å². The molecule has 1 aliphatic rings. The SMILES string of the molecule is CCC(C(N)=S)N1CCN(S(=O)(=O)NC(C)(C)C)CC1. The Morgan fingerprint density at radius 2 is 1.80 bits per heavy atom. The quantitative estimate of drug-likeness (QED) is 0.712. The van der Waals surface area contributed by atoms with E-state index in [0.29, 0.717) is 31.2 Å². The summed E-state index contributed by atoms with van der Waals surface area (Å²) in [5.41, 5.74) is 5.26. The highest BCUT2D eigenvalue weighted by Gasteiger charge is 2.32. The largest absolute Gasteiger partial charge is 0.392 e. The Hall–Kier alpha value is -0.280. The summed E-state index contributed by atoms with van der Waals surface area (Å²) in [6.07, 6.45) is 0.850. The Labute approximate surface area is 127 Å². The molecule has 0 spiro atoms. The van der Waals surface area contributed by atoms with E-state index in [1.165, 1.54) is 4.31 Å². The molecule has 1 saturated heterocycles. The zero-order chi connectivity index (χ0) is 15.6. The third-order valence-electron chi connectivity index (χ3n) is 3.20. The molecule has 0 aliphatic carbocycles. The first-order chi connectivity index (χ1) is 9.07. The monoisotopic (exact) mass is 322 g/mol. The van der Waals surface area contributed by atoms with Crippen LogP contribution in [-0.2, 0) is 10.2 Å². The fourth-order valence-electron chi connectivity index (χ4n) is 2.35. The maximum Gasteiger partial charge on any atom is 0.280 e. The van der Waals surface area contributed by atoms with Crippen LogP contribution in [-0.4, -0.2) is 60.4 Å². The lowest BCUT2D eigenvalue weighted by Crippen LogP contribution is -2.58. The summed E-state index contributed by atoms with van der Waals surface area (Å²) < 4.78 is 28.6. The lowest BCUT2D eigenvalue weighted by Gasteiger charge is -2.38. The molecule has 0 radical (unpaired) electrons. The highest BCUT2D eigenvalue weighted by atomic mass is 32.2. The lowest BCUT2D eigenvalue weighted by atomic mass is 10.1. The molecule has 1 rings (SSSR count). The van der Waals surface area contributed by atoms with E-state index in [4.69, 9.17) is 18.0 Å². The standard InChI is InChI=1S/C12H26N4O2S2/c1-5-10(11(13)19)15-6-8-16(9-7-15)20(17,18)14-12(2,3)4/h10,14H,5-9H2,1-4H3,(H2,13,19). The zero-order valence-corrected chi connectivity index (χ0v) is 14.4. The normalized spacial score (nSPS) is 20.8. The minimum atomic E-state index is -3.42. The highest BCUT2D eigenvalue weighted by Crippen LogP contribution is 2.13. The van der Waals surface area contributed by atoms with E-state index >= 15 is 0 Å². The van der Waals surface area contributed by atoms with Gasteiger partial charge in [-0.2, -0.15) is 17.4 Å². The van der Waals surface area contributed by atoms with Crippen LogP contribution in [0.25, 0.3) is 0 Å². The first kappa shape index (κ1) is 17.8. The molecular formula is C12H26N4O2S2. The molecule has 1 heterocycles. The minimum absolute atomic E-state index is 0.0606. The van der Waals surface area contributed by atoms with E-state index in [2.05, 4.69) is 9.62 Å². The van der Waals surface area contributed by atoms with Crippen LogP contribution in [0.15, 0.2) is 0 Å². The van der Waals surface area contributed by atoms with E-state index in [1.54, 1.807) is 0 Å². The minimum Gasteiger partial charge on any atom is -0.392 e. The number of nitrogens with two attached hydrogens (primary N) is 1. The Balaban J connectivity index is 2.64. The molecule has 1 fully saturated rings. The molecule has 6 nitrogen and oxygen atoms in total. The van der Waals surface area contributed by atoms with Crippen molar-refractivity contribution in [1.29, 1.82) is 0 Å². The second-order valence-corrected chi connectivity index (χ2v) is 8.26. The van der Waals surface area contributed by atoms with E-state index in [9.17, 15) is 8.42 Å². The topological polar surface area (TPSA) is 78.7 Å². The van der Waals surface area contributed by atoms with Crippen molar-refractivity contribution in [2.75, 3.05) is 26.2 Å². The van der Waals surface area contributed by atoms with Crippen molar-refractivity contribution in [1.82, 2.24) is 13.9 Å². The van der Waals surface area contributed by atoms with Crippen molar-refractivity contribution in [3.8, 4) is 0 Å². The van der Waals surface area contributed by atoms with Crippen LogP contribution in [0.2, 0.25) is 0 Å². The molecule has 0 aromatic carbocycles. The molecule has 8 heteroatoms. The number of hydrogen-bond acceptors (Lipinski definition) is 4. The van der Waals surface area contributed by atoms with Crippen molar-refractivity contribution in [3.63, 3.8) is 0 Å². The average molecular weight is 323 g/mol. The van der Waals surface area contributed by atoms with Gasteiger partial charge >= 0.3 is 0 Å². The van der Waals surface area contributed by atoms with Gasteiger partial charge in [0.2, 0.25) is 0 Å². The van der Waals surface area contributed by atoms with Crippen molar-refractivity contribution in [2.24, 2.45) is 5.73 Å². The molecule has 1 unspecified atom stereocenters. The van der Waals surface area contributed by atoms with Gasteiger partial charge < -0.3 is 5.73 Å². The molecule has 0 bridgehead atoms. The molecule has 0 saturated carbocycles. The third-order valence-corrected chi connectivity index (χ3v) is 5.39. The van der Waals surface area contributed by atoms with Gasteiger partial charge in [0.15, 0.2) is 0 Å². The Morgan fingerprint density at radius 1 is 1.30 bits per heavy atom. The number of rotatable bonds is 5. The zero-order valence-electron chi connectivity index (χ0n) is 12.7. The van der Waals surface area contributed by atoms with Gasteiger partial charge in [0.1, 0.15) is 0 Å². The van der Waals surface area contributed by atoms with Crippen LogP contribution < -0.4 is 10.5 Å². The third kappa shape index (κ3) is 4.92. The smallest absolute Gasteiger partial charge is 0.280 e. The molecule has 118 valence electrons. The van der Waals surface area contributed by atoms with Gasteiger partial charge in [0.05, 0.1) is 11.0 Å². The molecule has 1 aliphatic heterocycles. The maximum atomic E-state index is 12.2. The van der Waals surface area contributed by atoms with Gasteiger partial charge in [-0.25, -0.2) is 0 Å². The van der Waals surface area contributed by atoms with Crippen LogP contribution in [0.5, 0.6) is 0 Å². The van der Waals surface area contributed by atoms with Gasteiger partial charge in [-0.1, -0.05) is 19.1 Å². The fraction of sp³-hybridized carbons (Fsp3) is 0.917. The van der Waals surface area contributed by atoms with Crippen molar-refractivity contribution in [2.45, 2.75) is 45.7 Å². The Bertz CT molecular complexity index is 437. The molecule has 3 N–H and O–H groups in total. The summed E-state index contributed by atoms with van der Waals surface area (Å²) in [4.78, 5) is 2.64. The predicted molar refractivity (Wildman–Crippen MR) is 85.8 cm³/mol. The summed E-state index contributed by atoms with van der Waals surface area (Å²) in [5, 5.41) is 0. The van der Waals surface area contributed by atoms with Crippen molar-refractivity contribution >= 4 is 27.4 Å². The summed E-state index contributed by atoms with van der Waals surface area (Å²) in [6, 6.07) is 0.0606. The molecule has 20 heavy (non-hydrogen) atoms. The van der Waals surface area contributed by atoms with Crippen molar-refractivity contribution < 1.29 is 8.42 Å². The van der Waals surface area contributed by atoms with Crippen LogP contribution in [0, 0.1) is 0 Å². The average Bonchev–Trinajstić information content (AvgIpc) is 2.27. The number of hydrogen-bond donors (Lipinski definition) is 2. The number of piperazine rings is 1. The van der Waals surface area contributed by atoms with Crippen LogP contribution in [0.4, 0.5) is 0 Å². The summed E-state index contributed by atoms with van der Waals surface area (Å²) in [6.45, 7) is 9.77. The second-order valence-electron chi connectivity index (χ2n) is 6.12. The molecule has 1 atom stereocenters. The van der Waals surface area contributed by atoms with Gasteiger partial charge in [-0.15, -0.1) is 0 Å². The van der Waals surface area contributed by atoms with Crippen LogP contribution in [0.3, 0.4) is 0 Å². The number of thiocarbonyl (C=S) groups is 1. The molecule has 0 amide bonds. The highest BCUT2D eigenvalue weighted by molar-refractivity contribution is 7.87. The summed E-state index contributed by atoms with van der Waals surface area (Å²) >= 11 is 5.06. The fourth-order valence-corrected chi connectivity index (χ4v) is 4.21. The van der Waals surface area contributed by atoms with Gasteiger partial charge in [-0.3, -0.25) is 4.90 Å². The van der Waals surface area contributed by atoms with E-state index in [-0.39, 0.29) is 6.04 Å². The second kappa shape index (κ2) is 6.65. The first-order valence-electron chi connectivity index (χ1n) is 6.89. The van der Waals surface area contributed by atoms with E-state index in [1.807, 2.05) is 27.7 Å². The van der Waals surface area contributed by atoms with Gasteiger partial charge in [0, 0.05) is 31.7 Å². The predicted octanol–water partition coefficient (Wildman–Crippen LogP) is 0.302. The maximum absolute atomic E-state index is 12.2. The molecule has 0 aromatic heterocycles. The van der Waals surface area contributed by atoms with Crippen LogP contribution >= 0.6 is 12.2 Å². The lowest BCUT2D eigenvalue weighted by molar-refractivity contribution is 0.163. The first-order valence-corrected chi connectivity index (χ1v) is 8.74. The summed E-state index contributed by atoms with van der Waals surface area (Å²) in [5.74, 6) is 0. The van der Waals surface area contributed by atoms with Crippen molar-refractivity contribution in [3.05, 3.63) is 0 Å². The number of nitrogens with zero attached hydrogens (tertiary/aromatic N) is 2. The van der Waals surface area contributed by atoms with Gasteiger partial charge in [-0.05, 0) is 27.2 Å². The molecule has 0 aromatic rings. The van der Waals surface area contributed by atoms with E-state index < -0.39 is 15.7 Å². The Morgan fingerprint density at radius 3 is 2.15 bits per heavy atom. The van der Waals surface area contributed by atoms with Gasteiger partial charge in [0.25, 0.3) is 10.2 Å². The number of nitrogens with one attached hydrogen (secondary N) is 1. The summed E-state index contributed by atoms with van der Waals surface area (Å²) in [7, 11) is -3.42. The molecular weight excluding hydrogens is 296 g/mol.